The Bertz CT molecular complexity index is 609. The molecule has 0 aliphatic rings. The highest BCUT2D eigenvalue weighted by Crippen LogP contribution is 2.12. The molecule has 0 fully saturated rings. The summed E-state index contributed by atoms with van der Waals surface area (Å²) in [4.78, 5) is 14.1. The summed E-state index contributed by atoms with van der Waals surface area (Å²) >= 11 is 2.11. The molecule has 1 heterocycles. The summed E-state index contributed by atoms with van der Waals surface area (Å²) < 4.78 is 0. The second-order valence-electron chi connectivity index (χ2n) is 2.91. The molecule has 0 saturated carbocycles. The summed E-state index contributed by atoms with van der Waals surface area (Å²) in [7, 11) is 1.43. The minimum Gasteiger partial charge on any atom is -0.329 e. The number of hydrogen-bond donors (Lipinski definition) is 1. The predicted molar refractivity (Wildman–Crippen MR) is 73.1 cm³/mol. The van der Waals surface area contributed by atoms with Crippen molar-refractivity contribution < 1.29 is 0 Å². The summed E-state index contributed by atoms with van der Waals surface area (Å²) in [6.07, 6.45) is 1.65. The molecule has 2 nitrogen and oxygen atoms in total. The number of aromatic nitrogens is 1. The molecule has 0 saturated heterocycles. The molecule has 2 rings (SSSR count). The van der Waals surface area contributed by atoms with Gasteiger partial charge in [0.1, 0.15) is 0 Å². The predicted octanol–water partition coefficient (Wildman–Crippen LogP) is 2.92. The average molecular weight is 327 g/mol. The van der Waals surface area contributed by atoms with E-state index in [2.05, 4.69) is 37.4 Å². The third-order valence-electron chi connectivity index (χ3n) is 2.01. The third kappa shape index (κ3) is 2.36. The SMILES string of the molecule is O=c1[nH]ccc2ccc(C#CSI)cc12. The van der Waals surface area contributed by atoms with Gasteiger partial charge in [0.05, 0.1) is 0 Å². The molecule has 1 N–H and O–H groups in total. The van der Waals surface area contributed by atoms with E-state index in [1.807, 2.05) is 24.3 Å². The van der Waals surface area contributed by atoms with Gasteiger partial charge in [0.2, 0.25) is 0 Å². The van der Waals surface area contributed by atoms with E-state index in [-0.39, 0.29) is 5.56 Å². The average Bonchev–Trinajstić information content (AvgIpc) is 2.27. The van der Waals surface area contributed by atoms with Gasteiger partial charge in [0, 0.05) is 38.4 Å². The molecular formula is C11H6INOS. The van der Waals surface area contributed by atoms with Crippen LogP contribution in [0.2, 0.25) is 0 Å². The zero-order valence-corrected chi connectivity index (χ0v) is 10.6. The molecule has 4 heteroatoms. The quantitative estimate of drug-likeness (QED) is 0.596. The Morgan fingerprint density at radius 3 is 3.00 bits per heavy atom. The van der Waals surface area contributed by atoms with Gasteiger partial charge in [0.25, 0.3) is 5.56 Å². The highest BCUT2D eigenvalue weighted by atomic mass is 127. The van der Waals surface area contributed by atoms with E-state index in [0.29, 0.717) is 5.39 Å². The van der Waals surface area contributed by atoms with Gasteiger partial charge in [0.15, 0.2) is 0 Å². The van der Waals surface area contributed by atoms with Crippen LogP contribution in [0.1, 0.15) is 5.56 Å². The van der Waals surface area contributed by atoms with Crippen LogP contribution in [0.15, 0.2) is 35.3 Å². The third-order valence-corrected chi connectivity index (χ3v) is 2.85. The van der Waals surface area contributed by atoms with Gasteiger partial charge >= 0.3 is 0 Å². The summed E-state index contributed by atoms with van der Waals surface area (Å²) in [5.74, 6) is 2.97. The van der Waals surface area contributed by atoms with Gasteiger partial charge in [-0.2, -0.15) is 0 Å². The molecule has 15 heavy (non-hydrogen) atoms. The van der Waals surface area contributed by atoms with Gasteiger partial charge < -0.3 is 4.98 Å². The topological polar surface area (TPSA) is 32.9 Å². The van der Waals surface area contributed by atoms with E-state index in [0.717, 1.165) is 10.9 Å². The number of rotatable bonds is 0. The lowest BCUT2D eigenvalue weighted by Crippen LogP contribution is -2.04. The molecule has 0 atom stereocenters. The summed E-state index contributed by atoms with van der Waals surface area (Å²) in [6.45, 7) is 0. The van der Waals surface area contributed by atoms with Crippen LogP contribution in [0.3, 0.4) is 0 Å². The van der Waals surface area contributed by atoms with E-state index in [1.54, 1.807) is 6.20 Å². The van der Waals surface area contributed by atoms with Crippen molar-refractivity contribution in [2.75, 3.05) is 0 Å². The van der Waals surface area contributed by atoms with Crippen LogP contribution < -0.4 is 5.56 Å². The number of nitrogens with one attached hydrogen (secondary N) is 1. The van der Waals surface area contributed by atoms with Crippen molar-refractivity contribution in [1.82, 2.24) is 4.98 Å². The fourth-order valence-corrected chi connectivity index (χ4v) is 1.83. The normalized spacial score (nSPS) is 9.67. The Kier molecular flexibility index (Phi) is 3.34. The first kappa shape index (κ1) is 10.6. The number of halogens is 1. The van der Waals surface area contributed by atoms with Crippen molar-refractivity contribution in [2.24, 2.45) is 0 Å². The zero-order valence-electron chi connectivity index (χ0n) is 7.58. The molecule has 0 bridgehead atoms. The minimum atomic E-state index is -0.0710. The fourth-order valence-electron chi connectivity index (χ4n) is 1.34. The molecule has 74 valence electrons. The highest BCUT2D eigenvalue weighted by molar-refractivity contribution is 14.2. The number of aromatic amines is 1. The molecule has 0 unspecified atom stereocenters. The lowest BCUT2D eigenvalue weighted by Gasteiger charge is -1.96. The van der Waals surface area contributed by atoms with Crippen molar-refractivity contribution in [2.45, 2.75) is 0 Å². The number of hydrogen-bond acceptors (Lipinski definition) is 2. The maximum absolute atomic E-state index is 11.5. The van der Waals surface area contributed by atoms with Crippen LogP contribution in [0.25, 0.3) is 10.8 Å². The molecule has 0 aliphatic carbocycles. The molecule has 0 radical (unpaired) electrons. The highest BCUT2D eigenvalue weighted by Gasteiger charge is 1.97. The Labute approximate surface area is 103 Å². The summed E-state index contributed by atoms with van der Waals surface area (Å²) in [5.41, 5.74) is 0.793. The second-order valence-corrected chi connectivity index (χ2v) is 4.59. The van der Waals surface area contributed by atoms with Crippen LogP contribution in [0.5, 0.6) is 0 Å². The Morgan fingerprint density at radius 1 is 1.33 bits per heavy atom. The number of pyridine rings is 1. The van der Waals surface area contributed by atoms with Crippen molar-refractivity contribution >= 4 is 40.9 Å². The molecular weight excluding hydrogens is 321 g/mol. The standard InChI is InChI=1S/C11H6INOS/c12-15-6-4-8-1-2-9-3-5-13-11(14)10(9)7-8/h1-3,5,7H,(H,13,14). The Hall–Kier alpha value is -0.930. The Morgan fingerprint density at radius 2 is 2.20 bits per heavy atom. The molecule has 0 aliphatic heterocycles. The molecule has 1 aromatic carbocycles. The monoisotopic (exact) mass is 327 g/mol. The minimum absolute atomic E-state index is 0.0710. The van der Waals surface area contributed by atoms with Gasteiger partial charge in [-0.05, 0) is 37.8 Å². The Balaban J connectivity index is 2.65. The first-order valence-corrected chi connectivity index (χ1v) is 7.57. The van der Waals surface area contributed by atoms with Crippen LogP contribution in [-0.4, -0.2) is 4.98 Å². The lowest BCUT2D eigenvalue weighted by molar-refractivity contribution is 1.28. The van der Waals surface area contributed by atoms with E-state index in [1.165, 1.54) is 8.93 Å². The van der Waals surface area contributed by atoms with Gasteiger partial charge in [-0.1, -0.05) is 12.0 Å². The molecule has 2 aromatic rings. The maximum Gasteiger partial charge on any atom is 0.255 e. The second kappa shape index (κ2) is 4.73. The molecule has 1 aromatic heterocycles. The lowest BCUT2D eigenvalue weighted by atomic mass is 10.1. The largest absolute Gasteiger partial charge is 0.329 e. The number of benzene rings is 1. The first-order chi connectivity index (χ1) is 7.31. The van der Waals surface area contributed by atoms with Gasteiger partial charge in [-0.15, -0.1) is 0 Å². The molecule has 0 spiro atoms. The number of H-pyrrole nitrogens is 1. The van der Waals surface area contributed by atoms with Gasteiger partial charge in [-0.25, -0.2) is 0 Å². The van der Waals surface area contributed by atoms with E-state index in [9.17, 15) is 4.79 Å². The van der Waals surface area contributed by atoms with Crippen molar-refractivity contribution in [3.63, 3.8) is 0 Å². The van der Waals surface area contributed by atoms with Crippen molar-refractivity contribution in [1.29, 1.82) is 0 Å². The van der Waals surface area contributed by atoms with E-state index in [4.69, 9.17) is 0 Å². The van der Waals surface area contributed by atoms with Gasteiger partial charge in [-0.3, -0.25) is 4.79 Å². The van der Waals surface area contributed by atoms with E-state index >= 15 is 0 Å². The zero-order chi connectivity index (χ0) is 10.7. The van der Waals surface area contributed by atoms with Crippen LogP contribution in [0.4, 0.5) is 0 Å². The smallest absolute Gasteiger partial charge is 0.255 e. The summed E-state index contributed by atoms with van der Waals surface area (Å²) in [5, 5.41) is 4.51. The van der Waals surface area contributed by atoms with Crippen LogP contribution >= 0.6 is 30.1 Å². The van der Waals surface area contributed by atoms with Crippen molar-refractivity contribution in [3.8, 4) is 11.2 Å². The summed E-state index contributed by atoms with van der Waals surface area (Å²) in [6, 6.07) is 7.52. The maximum atomic E-state index is 11.5. The van der Waals surface area contributed by atoms with Crippen molar-refractivity contribution in [3.05, 3.63) is 46.4 Å². The van der Waals surface area contributed by atoms with E-state index < -0.39 is 0 Å². The fraction of sp³-hybridized carbons (Fsp3) is 0. The molecule has 0 amide bonds. The number of fused-ring (bicyclic) bond motifs is 1. The first-order valence-electron chi connectivity index (χ1n) is 4.21. The van der Waals surface area contributed by atoms with Crippen LogP contribution in [0, 0.1) is 11.2 Å². The van der Waals surface area contributed by atoms with Crippen LogP contribution in [-0.2, 0) is 0 Å².